The van der Waals surface area contributed by atoms with Crippen molar-refractivity contribution >= 4 is 27.6 Å². The zero-order chi connectivity index (χ0) is 32.7. The van der Waals surface area contributed by atoms with Crippen molar-refractivity contribution in [3.63, 3.8) is 0 Å². The fourth-order valence-corrected chi connectivity index (χ4v) is 6.02. The zero-order valence-electron chi connectivity index (χ0n) is 25.4. The summed E-state index contributed by atoms with van der Waals surface area (Å²) in [5.41, 5.74) is 0.874. The first-order valence-corrected chi connectivity index (χ1v) is 15.7. The maximum atomic E-state index is 13.9. The zero-order valence-corrected chi connectivity index (χ0v) is 26.2. The van der Waals surface area contributed by atoms with E-state index in [2.05, 4.69) is 10.2 Å². The van der Waals surface area contributed by atoms with E-state index in [1.807, 2.05) is 50.2 Å². The first-order chi connectivity index (χ1) is 22.1. The molecule has 5 aromatic rings. The summed E-state index contributed by atoms with van der Waals surface area (Å²) in [5, 5.41) is 6.11. The van der Waals surface area contributed by atoms with Crippen LogP contribution in [0.5, 0.6) is 11.6 Å². The van der Waals surface area contributed by atoms with Crippen molar-refractivity contribution in [2.45, 2.75) is 64.5 Å². The summed E-state index contributed by atoms with van der Waals surface area (Å²) < 4.78 is 59.0. The van der Waals surface area contributed by atoms with Gasteiger partial charge in [0.05, 0.1) is 16.7 Å². The SMILES string of the molecule is CC(C)c1cc(OCCCCCC(=O)OCc2ccccc2)cc2sn(C(Oc3cc(C(F)(F)F)n[nH]3)c3ccccc3)c(=O)c12. The van der Waals surface area contributed by atoms with Crippen molar-refractivity contribution in [1.29, 1.82) is 0 Å². The lowest BCUT2D eigenvalue weighted by molar-refractivity contribution is -0.145. The number of hydrogen-bond donors (Lipinski definition) is 1. The molecule has 0 aliphatic heterocycles. The highest BCUT2D eigenvalue weighted by Gasteiger charge is 2.35. The molecule has 0 aliphatic rings. The van der Waals surface area contributed by atoms with Crippen molar-refractivity contribution in [3.8, 4) is 11.6 Å². The number of fused-ring (bicyclic) bond motifs is 1. The van der Waals surface area contributed by atoms with Gasteiger partial charge >= 0.3 is 12.1 Å². The molecule has 0 radical (unpaired) electrons. The Labute approximate surface area is 267 Å². The number of nitrogens with one attached hydrogen (secondary N) is 1. The van der Waals surface area contributed by atoms with E-state index in [0.29, 0.717) is 40.8 Å². The third kappa shape index (κ3) is 8.16. The molecule has 0 saturated carbocycles. The second kappa shape index (κ2) is 14.7. The number of rotatable bonds is 14. The van der Waals surface area contributed by atoms with Gasteiger partial charge in [-0.3, -0.25) is 9.59 Å². The number of H-pyrrole nitrogens is 1. The van der Waals surface area contributed by atoms with Gasteiger partial charge in [0, 0.05) is 18.1 Å². The minimum Gasteiger partial charge on any atom is -0.494 e. The van der Waals surface area contributed by atoms with E-state index in [4.69, 9.17) is 14.2 Å². The minimum absolute atomic E-state index is 0.0123. The molecular weight excluding hydrogens is 619 g/mol. The van der Waals surface area contributed by atoms with Gasteiger partial charge in [0.25, 0.3) is 5.56 Å². The molecule has 2 aromatic heterocycles. The maximum Gasteiger partial charge on any atom is 0.435 e. The van der Waals surface area contributed by atoms with E-state index in [0.717, 1.165) is 41.6 Å². The van der Waals surface area contributed by atoms with Crippen molar-refractivity contribution in [1.82, 2.24) is 14.2 Å². The molecule has 0 fully saturated rings. The molecule has 0 amide bonds. The molecule has 3 aromatic carbocycles. The number of nitrogens with zero attached hydrogens (tertiary/aromatic N) is 2. The molecule has 0 saturated heterocycles. The number of unbranched alkanes of at least 4 members (excludes halogenated alkanes) is 2. The van der Waals surface area contributed by atoms with Crippen LogP contribution >= 0.6 is 11.5 Å². The van der Waals surface area contributed by atoms with E-state index in [-0.39, 0.29) is 29.9 Å². The molecule has 1 N–H and O–H groups in total. The van der Waals surface area contributed by atoms with E-state index in [1.54, 1.807) is 36.4 Å². The van der Waals surface area contributed by atoms with Gasteiger partial charge in [0.1, 0.15) is 12.4 Å². The Morgan fingerprint density at radius 3 is 2.37 bits per heavy atom. The van der Waals surface area contributed by atoms with Crippen LogP contribution in [0.2, 0.25) is 0 Å². The van der Waals surface area contributed by atoms with Crippen LogP contribution < -0.4 is 15.0 Å². The molecule has 0 bridgehead atoms. The quantitative estimate of drug-likeness (QED) is 0.0959. The van der Waals surface area contributed by atoms with Crippen LogP contribution in [0.1, 0.15) is 74.1 Å². The van der Waals surface area contributed by atoms with Gasteiger partial charge in [0.15, 0.2) is 5.69 Å². The van der Waals surface area contributed by atoms with Gasteiger partial charge < -0.3 is 14.2 Å². The molecule has 2 heterocycles. The highest BCUT2D eigenvalue weighted by atomic mass is 32.1. The summed E-state index contributed by atoms with van der Waals surface area (Å²) in [4.78, 5) is 25.9. The van der Waals surface area contributed by atoms with E-state index >= 15 is 0 Å². The summed E-state index contributed by atoms with van der Waals surface area (Å²) in [5.74, 6) is 0.139. The lowest BCUT2D eigenvalue weighted by atomic mass is 9.99. The van der Waals surface area contributed by atoms with Crippen LogP contribution in [0.25, 0.3) is 10.1 Å². The van der Waals surface area contributed by atoms with Gasteiger partial charge in [-0.05, 0) is 48.4 Å². The number of esters is 1. The molecule has 5 rings (SSSR count). The Kier molecular flexibility index (Phi) is 10.5. The van der Waals surface area contributed by atoms with Crippen molar-refractivity contribution in [2.24, 2.45) is 0 Å². The summed E-state index contributed by atoms with van der Waals surface area (Å²) >= 11 is 1.15. The first kappa shape index (κ1) is 32.8. The molecular formula is C34H34F3N3O5S. The molecule has 8 nitrogen and oxygen atoms in total. The van der Waals surface area contributed by atoms with Crippen LogP contribution in [0.3, 0.4) is 0 Å². The molecule has 0 spiro atoms. The summed E-state index contributed by atoms with van der Waals surface area (Å²) in [6.45, 7) is 4.64. The Morgan fingerprint density at radius 2 is 1.70 bits per heavy atom. The van der Waals surface area contributed by atoms with Crippen LogP contribution in [0.4, 0.5) is 13.2 Å². The van der Waals surface area contributed by atoms with E-state index < -0.39 is 18.1 Å². The second-order valence-electron chi connectivity index (χ2n) is 11.1. The average Bonchev–Trinajstić information content (AvgIpc) is 3.65. The van der Waals surface area contributed by atoms with Crippen LogP contribution in [-0.4, -0.2) is 26.7 Å². The Morgan fingerprint density at radius 1 is 0.978 bits per heavy atom. The van der Waals surface area contributed by atoms with E-state index in [1.165, 1.54) is 3.96 Å². The lowest BCUT2D eigenvalue weighted by Crippen LogP contribution is -2.25. The lowest BCUT2D eigenvalue weighted by Gasteiger charge is -2.18. The summed E-state index contributed by atoms with van der Waals surface area (Å²) in [6.07, 6.45) is -3.17. The molecule has 46 heavy (non-hydrogen) atoms. The molecule has 0 aliphatic carbocycles. The smallest absolute Gasteiger partial charge is 0.435 e. The summed E-state index contributed by atoms with van der Waals surface area (Å²) in [7, 11) is 0. The predicted molar refractivity (Wildman–Crippen MR) is 169 cm³/mol. The number of ether oxygens (including phenoxy) is 3. The third-order valence-electron chi connectivity index (χ3n) is 7.26. The highest BCUT2D eigenvalue weighted by molar-refractivity contribution is 7.14. The molecule has 1 atom stereocenters. The van der Waals surface area contributed by atoms with E-state index in [9.17, 15) is 22.8 Å². The highest BCUT2D eigenvalue weighted by Crippen LogP contribution is 2.35. The number of alkyl halides is 3. The number of carbonyl (C=O) groups excluding carboxylic acids is 1. The Bertz CT molecular complexity index is 1800. The standard InChI is InChI=1S/C34H34F3N3O5S/c1-22(2)26-18-25(43-17-11-5-10-16-30(41)44-21-23-12-6-3-7-13-23)19-27-31(26)32(42)40(46-27)33(24-14-8-4-9-15-24)45-29-20-28(38-39-29)34(35,36)37/h3-4,6-9,12-15,18-20,22,33H,5,10-11,16-17,21H2,1-2H3,(H,38,39). The number of hydrogen-bond acceptors (Lipinski definition) is 7. The number of halogens is 3. The second-order valence-corrected chi connectivity index (χ2v) is 12.1. The van der Waals surface area contributed by atoms with Crippen molar-refractivity contribution in [3.05, 3.63) is 112 Å². The monoisotopic (exact) mass is 653 g/mol. The minimum atomic E-state index is -4.65. The predicted octanol–water partition coefficient (Wildman–Crippen LogP) is 8.24. The van der Waals surface area contributed by atoms with Gasteiger partial charge in [-0.15, -0.1) is 0 Å². The van der Waals surface area contributed by atoms with Gasteiger partial charge in [-0.25, -0.2) is 9.06 Å². The topological polar surface area (TPSA) is 95.4 Å². The average molecular weight is 654 g/mol. The third-order valence-corrected chi connectivity index (χ3v) is 8.33. The number of carbonyl (C=O) groups is 1. The van der Waals surface area contributed by atoms with Gasteiger partial charge in [0.2, 0.25) is 12.1 Å². The fraction of sp³-hybridized carbons (Fsp3) is 0.324. The Hall–Kier alpha value is -4.58. The molecule has 12 heteroatoms. The van der Waals surface area contributed by atoms with Crippen LogP contribution in [0, 0.1) is 0 Å². The number of aromatic amines is 1. The molecule has 242 valence electrons. The number of aromatic nitrogens is 3. The maximum absolute atomic E-state index is 13.9. The van der Waals surface area contributed by atoms with Gasteiger partial charge in [-0.1, -0.05) is 86.0 Å². The fourth-order valence-electron chi connectivity index (χ4n) is 4.91. The van der Waals surface area contributed by atoms with Crippen LogP contribution in [-0.2, 0) is 22.3 Å². The van der Waals surface area contributed by atoms with Crippen molar-refractivity contribution < 1.29 is 32.2 Å². The number of benzene rings is 3. The summed E-state index contributed by atoms with van der Waals surface area (Å²) in [6, 6.07) is 22.8. The normalized spacial score (nSPS) is 12.4. The van der Waals surface area contributed by atoms with Crippen molar-refractivity contribution in [2.75, 3.05) is 6.61 Å². The van der Waals surface area contributed by atoms with Crippen LogP contribution in [0.15, 0.2) is 83.7 Å². The first-order valence-electron chi connectivity index (χ1n) is 15.0. The Balaban J connectivity index is 1.27. The van der Waals surface area contributed by atoms with Gasteiger partial charge in [-0.2, -0.15) is 18.3 Å². The molecule has 1 unspecified atom stereocenters. The largest absolute Gasteiger partial charge is 0.494 e.